The van der Waals surface area contributed by atoms with Gasteiger partial charge in [0, 0.05) is 13.1 Å². The first-order valence-electron chi connectivity index (χ1n) is 4.94. The first-order chi connectivity index (χ1) is 7.51. The van der Waals surface area contributed by atoms with Crippen LogP contribution < -0.4 is 10.0 Å². The summed E-state index contributed by atoms with van der Waals surface area (Å²) in [7, 11) is -1.98. The summed E-state index contributed by atoms with van der Waals surface area (Å²) in [6.45, 7) is 2.38. The predicted octanol–water partition coefficient (Wildman–Crippen LogP) is 0.843. The predicted molar refractivity (Wildman–Crippen MR) is 60.0 cm³/mol. The van der Waals surface area contributed by atoms with Gasteiger partial charge in [0.1, 0.15) is 10.7 Å². The van der Waals surface area contributed by atoms with Gasteiger partial charge >= 0.3 is 0 Å². The summed E-state index contributed by atoms with van der Waals surface area (Å²) in [5.41, 5.74) is 0.704. The minimum atomic E-state index is -3.72. The van der Waals surface area contributed by atoms with E-state index in [1.165, 1.54) is 12.1 Å². The second-order valence-corrected chi connectivity index (χ2v) is 5.03. The van der Waals surface area contributed by atoms with Crippen LogP contribution in [-0.4, -0.2) is 22.0 Å². The van der Waals surface area contributed by atoms with Gasteiger partial charge in [-0.05, 0) is 24.7 Å². The van der Waals surface area contributed by atoms with Crippen LogP contribution in [0.15, 0.2) is 23.1 Å². The maximum atomic E-state index is 13.5. The summed E-state index contributed by atoms with van der Waals surface area (Å²) in [6.07, 6.45) is 0. The average Bonchev–Trinajstić information content (AvgIpc) is 2.17. The van der Waals surface area contributed by atoms with E-state index in [0.29, 0.717) is 12.1 Å². The Labute approximate surface area is 94.9 Å². The van der Waals surface area contributed by atoms with E-state index in [1.807, 2.05) is 0 Å². The number of halogens is 1. The Morgan fingerprint density at radius 1 is 1.38 bits per heavy atom. The van der Waals surface area contributed by atoms with Crippen LogP contribution in [0.5, 0.6) is 0 Å². The minimum Gasteiger partial charge on any atom is -0.316 e. The maximum Gasteiger partial charge on any atom is 0.243 e. The van der Waals surface area contributed by atoms with Gasteiger partial charge in [0.15, 0.2) is 0 Å². The molecule has 6 heteroatoms. The highest BCUT2D eigenvalue weighted by atomic mass is 32.2. The number of benzene rings is 1. The smallest absolute Gasteiger partial charge is 0.243 e. The third-order valence-electron chi connectivity index (χ3n) is 2.00. The zero-order chi connectivity index (χ0) is 12.2. The Morgan fingerprint density at radius 2 is 2.06 bits per heavy atom. The van der Waals surface area contributed by atoms with Crippen LogP contribution in [-0.2, 0) is 16.6 Å². The van der Waals surface area contributed by atoms with Crippen molar-refractivity contribution in [1.82, 2.24) is 10.0 Å². The second-order valence-electron chi connectivity index (χ2n) is 3.30. The molecular weight excluding hydrogens is 231 g/mol. The largest absolute Gasteiger partial charge is 0.316 e. The topological polar surface area (TPSA) is 58.2 Å². The summed E-state index contributed by atoms with van der Waals surface area (Å²) < 4.78 is 38.9. The molecule has 0 spiro atoms. The Hall–Kier alpha value is -0.980. The lowest BCUT2D eigenvalue weighted by molar-refractivity contribution is 0.557. The fraction of sp³-hybridized carbons (Fsp3) is 0.400. The van der Waals surface area contributed by atoms with Crippen LogP contribution in [0.2, 0.25) is 0 Å². The van der Waals surface area contributed by atoms with Crippen molar-refractivity contribution in [3.63, 3.8) is 0 Å². The molecule has 2 N–H and O–H groups in total. The molecule has 0 aliphatic heterocycles. The van der Waals surface area contributed by atoms with Crippen LogP contribution in [0.3, 0.4) is 0 Å². The van der Waals surface area contributed by atoms with E-state index in [4.69, 9.17) is 0 Å². The van der Waals surface area contributed by atoms with Crippen LogP contribution in [0.1, 0.15) is 12.5 Å². The molecule has 0 saturated heterocycles. The van der Waals surface area contributed by atoms with Crippen LogP contribution in [0.25, 0.3) is 0 Å². The summed E-state index contributed by atoms with van der Waals surface area (Å²) >= 11 is 0. The lowest BCUT2D eigenvalue weighted by Crippen LogP contribution is -2.24. The van der Waals surface area contributed by atoms with Gasteiger partial charge in [-0.25, -0.2) is 17.5 Å². The van der Waals surface area contributed by atoms with Crippen molar-refractivity contribution in [3.05, 3.63) is 29.6 Å². The van der Waals surface area contributed by atoms with Crippen molar-refractivity contribution < 1.29 is 12.8 Å². The van der Waals surface area contributed by atoms with E-state index in [1.54, 1.807) is 20.0 Å². The first kappa shape index (κ1) is 13.1. The SMILES string of the molecule is CCNS(=O)(=O)c1ccc(CNC)cc1F. The molecular formula is C10H15FN2O2S. The van der Waals surface area contributed by atoms with Gasteiger partial charge in [-0.3, -0.25) is 0 Å². The molecule has 0 radical (unpaired) electrons. The molecule has 0 fully saturated rings. The van der Waals surface area contributed by atoms with Crippen molar-refractivity contribution in [2.45, 2.75) is 18.4 Å². The Bertz CT molecular complexity index is 460. The summed E-state index contributed by atoms with van der Waals surface area (Å²) in [5, 5.41) is 2.86. The summed E-state index contributed by atoms with van der Waals surface area (Å²) in [5.74, 6) is -0.728. The molecule has 1 rings (SSSR count). The Balaban J connectivity index is 3.08. The number of sulfonamides is 1. The highest BCUT2D eigenvalue weighted by Crippen LogP contribution is 2.15. The second kappa shape index (κ2) is 5.38. The van der Waals surface area contributed by atoms with Gasteiger partial charge in [-0.1, -0.05) is 13.0 Å². The normalized spacial score (nSPS) is 11.7. The highest BCUT2D eigenvalue weighted by Gasteiger charge is 2.17. The summed E-state index contributed by atoms with van der Waals surface area (Å²) in [4.78, 5) is -0.311. The van der Waals surface area contributed by atoms with E-state index in [9.17, 15) is 12.8 Å². The first-order valence-corrected chi connectivity index (χ1v) is 6.42. The van der Waals surface area contributed by atoms with Gasteiger partial charge in [0.25, 0.3) is 0 Å². The molecule has 4 nitrogen and oxygen atoms in total. The van der Waals surface area contributed by atoms with E-state index < -0.39 is 15.8 Å². The Morgan fingerprint density at radius 3 is 2.56 bits per heavy atom. The quantitative estimate of drug-likeness (QED) is 0.809. The van der Waals surface area contributed by atoms with Gasteiger partial charge in [0.2, 0.25) is 10.0 Å². The zero-order valence-corrected chi connectivity index (χ0v) is 10.1. The third-order valence-corrected chi connectivity index (χ3v) is 3.58. The molecule has 0 atom stereocenters. The lowest BCUT2D eigenvalue weighted by atomic mass is 10.2. The number of nitrogens with one attached hydrogen (secondary N) is 2. The number of hydrogen-bond donors (Lipinski definition) is 2. The molecule has 0 aromatic heterocycles. The van der Waals surface area contributed by atoms with Gasteiger partial charge in [-0.2, -0.15) is 0 Å². The van der Waals surface area contributed by atoms with Crippen molar-refractivity contribution in [2.24, 2.45) is 0 Å². The van der Waals surface area contributed by atoms with Crippen molar-refractivity contribution in [3.8, 4) is 0 Å². The molecule has 1 aromatic rings. The molecule has 0 aliphatic rings. The lowest BCUT2D eigenvalue weighted by Gasteiger charge is -2.07. The maximum absolute atomic E-state index is 13.5. The van der Waals surface area contributed by atoms with Crippen LogP contribution in [0, 0.1) is 5.82 Å². The molecule has 90 valence electrons. The van der Waals surface area contributed by atoms with Crippen molar-refractivity contribution in [2.75, 3.05) is 13.6 Å². The molecule has 1 aromatic carbocycles. The van der Waals surface area contributed by atoms with E-state index in [2.05, 4.69) is 10.0 Å². The molecule has 0 heterocycles. The third kappa shape index (κ3) is 3.01. The molecule has 0 aliphatic carbocycles. The average molecular weight is 246 g/mol. The van der Waals surface area contributed by atoms with Crippen LogP contribution in [0.4, 0.5) is 4.39 Å². The monoisotopic (exact) mass is 246 g/mol. The number of hydrogen-bond acceptors (Lipinski definition) is 3. The van der Waals surface area contributed by atoms with E-state index in [-0.39, 0.29) is 11.4 Å². The standard InChI is InChI=1S/C10H15FN2O2S/c1-3-13-16(14,15)10-5-4-8(7-12-2)6-9(10)11/h4-6,12-13H,3,7H2,1-2H3. The van der Waals surface area contributed by atoms with Crippen LogP contribution >= 0.6 is 0 Å². The molecule has 0 amide bonds. The number of rotatable bonds is 5. The molecule has 0 unspecified atom stereocenters. The molecule has 16 heavy (non-hydrogen) atoms. The van der Waals surface area contributed by atoms with Gasteiger partial charge in [-0.15, -0.1) is 0 Å². The highest BCUT2D eigenvalue weighted by molar-refractivity contribution is 7.89. The zero-order valence-electron chi connectivity index (χ0n) is 9.25. The molecule has 0 bridgehead atoms. The van der Waals surface area contributed by atoms with E-state index in [0.717, 1.165) is 0 Å². The van der Waals surface area contributed by atoms with Crippen molar-refractivity contribution >= 4 is 10.0 Å². The minimum absolute atomic E-state index is 0.236. The Kier molecular flexibility index (Phi) is 4.40. The summed E-state index contributed by atoms with van der Waals surface area (Å²) in [6, 6.07) is 4.09. The fourth-order valence-corrected chi connectivity index (χ4v) is 2.44. The van der Waals surface area contributed by atoms with Gasteiger partial charge < -0.3 is 5.32 Å². The van der Waals surface area contributed by atoms with Crippen molar-refractivity contribution in [1.29, 1.82) is 0 Å². The fourth-order valence-electron chi connectivity index (χ4n) is 1.34. The van der Waals surface area contributed by atoms with Gasteiger partial charge in [0.05, 0.1) is 0 Å². The molecule has 0 saturated carbocycles. The van der Waals surface area contributed by atoms with E-state index >= 15 is 0 Å².